The maximum absolute atomic E-state index is 11.9. The largest absolute Gasteiger partial charge is 0.356 e. The van der Waals surface area contributed by atoms with E-state index in [1.54, 1.807) is 0 Å². The zero-order valence-corrected chi connectivity index (χ0v) is 15.1. The van der Waals surface area contributed by atoms with Crippen LogP contribution in [0.3, 0.4) is 0 Å². The number of anilines is 1. The number of hydrogen-bond acceptors (Lipinski definition) is 4. The van der Waals surface area contributed by atoms with Crippen LogP contribution in [0.2, 0.25) is 0 Å². The first-order valence-electron chi connectivity index (χ1n) is 8.03. The van der Waals surface area contributed by atoms with Crippen molar-refractivity contribution < 1.29 is 9.59 Å². The van der Waals surface area contributed by atoms with E-state index in [0.29, 0.717) is 18.9 Å². The summed E-state index contributed by atoms with van der Waals surface area (Å²) in [5.41, 5.74) is 2.51. The van der Waals surface area contributed by atoms with Crippen LogP contribution < -0.4 is 10.6 Å². The first kappa shape index (κ1) is 18.1. The quantitative estimate of drug-likeness (QED) is 0.807. The highest BCUT2D eigenvalue weighted by Gasteiger charge is 2.09. The number of nitrogens with zero attached hydrogens (tertiary/aromatic N) is 1. The van der Waals surface area contributed by atoms with Gasteiger partial charge in [0.15, 0.2) is 0 Å². The Morgan fingerprint density at radius 3 is 2.54 bits per heavy atom. The van der Waals surface area contributed by atoms with Crippen molar-refractivity contribution >= 4 is 28.8 Å². The topological polar surface area (TPSA) is 71.1 Å². The number of amides is 2. The van der Waals surface area contributed by atoms with Gasteiger partial charge in [-0.25, -0.2) is 4.98 Å². The Kier molecular flexibility index (Phi) is 6.49. The van der Waals surface area contributed by atoms with Gasteiger partial charge in [-0.2, -0.15) is 0 Å². The van der Waals surface area contributed by atoms with E-state index < -0.39 is 0 Å². The molecule has 0 fully saturated rings. The molecule has 1 aromatic heterocycles. The molecule has 0 atom stereocenters. The summed E-state index contributed by atoms with van der Waals surface area (Å²) in [5, 5.41) is 8.44. The molecule has 128 valence electrons. The lowest BCUT2D eigenvalue weighted by Gasteiger charge is -2.06. The number of hydrogen-bond donors (Lipinski definition) is 2. The van der Waals surface area contributed by atoms with E-state index in [-0.39, 0.29) is 11.8 Å². The minimum absolute atomic E-state index is 0.00788. The number of carbonyl (C=O) groups excluding carboxylic acids is 2. The maximum Gasteiger partial charge on any atom is 0.226 e. The molecule has 0 aliphatic rings. The van der Waals surface area contributed by atoms with Crippen LogP contribution in [0.1, 0.15) is 32.9 Å². The third-order valence-corrected chi connectivity index (χ3v) is 4.33. The van der Waals surface area contributed by atoms with E-state index in [1.165, 1.54) is 18.3 Å². The van der Waals surface area contributed by atoms with E-state index in [2.05, 4.69) is 29.5 Å². The van der Waals surface area contributed by atoms with E-state index >= 15 is 0 Å². The number of thiazole rings is 1. The lowest BCUT2D eigenvalue weighted by Crippen LogP contribution is -2.26. The second kappa shape index (κ2) is 8.59. The fourth-order valence-electron chi connectivity index (χ4n) is 2.15. The van der Waals surface area contributed by atoms with Crippen molar-refractivity contribution in [1.29, 1.82) is 0 Å². The molecule has 2 aromatic rings. The van der Waals surface area contributed by atoms with Gasteiger partial charge in [-0.15, -0.1) is 11.3 Å². The van der Waals surface area contributed by atoms with Gasteiger partial charge >= 0.3 is 0 Å². The smallest absolute Gasteiger partial charge is 0.226 e. The minimum atomic E-state index is -0.0947. The molecule has 0 saturated carbocycles. The Morgan fingerprint density at radius 2 is 1.92 bits per heavy atom. The monoisotopic (exact) mass is 345 g/mol. The zero-order valence-electron chi connectivity index (χ0n) is 14.3. The molecule has 1 aromatic carbocycles. The van der Waals surface area contributed by atoms with Crippen LogP contribution in [-0.2, 0) is 16.0 Å². The van der Waals surface area contributed by atoms with Crippen molar-refractivity contribution in [1.82, 2.24) is 10.3 Å². The molecule has 0 spiro atoms. The fraction of sp³-hybridized carbons (Fsp3) is 0.389. The molecule has 2 rings (SSSR count). The first-order chi connectivity index (χ1) is 11.4. The predicted octanol–water partition coefficient (Wildman–Crippen LogP) is 3.47. The summed E-state index contributed by atoms with van der Waals surface area (Å²) in [6.45, 7) is 6.46. The fourth-order valence-corrected chi connectivity index (χ4v) is 2.97. The van der Waals surface area contributed by atoms with Crippen molar-refractivity contribution in [3.63, 3.8) is 0 Å². The number of carbonyl (C=O) groups is 2. The molecule has 0 radical (unpaired) electrons. The van der Waals surface area contributed by atoms with Gasteiger partial charge in [0.2, 0.25) is 11.8 Å². The Balaban J connectivity index is 1.92. The normalized spacial score (nSPS) is 10.7. The summed E-state index contributed by atoms with van der Waals surface area (Å²) in [6.07, 6.45) is 1.28. The van der Waals surface area contributed by atoms with Gasteiger partial charge in [-0.05, 0) is 36.6 Å². The molecule has 2 amide bonds. The van der Waals surface area contributed by atoms with Crippen molar-refractivity contribution in [3.05, 3.63) is 35.3 Å². The van der Waals surface area contributed by atoms with Gasteiger partial charge in [0.1, 0.15) is 5.01 Å². The van der Waals surface area contributed by atoms with Crippen LogP contribution in [0.4, 0.5) is 5.69 Å². The van der Waals surface area contributed by atoms with E-state index in [9.17, 15) is 9.59 Å². The van der Waals surface area contributed by atoms with Gasteiger partial charge in [-0.3, -0.25) is 9.59 Å². The van der Waals surface area contributed by atoms with Crippen LogP contribution in [0.5, 0.6) is 0 Å². The van der Waals surface area contributed by atoms with Crippen LogP contribution >= 0.6 is 11.3 Å². The summed E-state index contributed by atoms with van der Waals surface area (Å²) in [7, 11) is 0. The Bertz CT molecular complexity index is 693. The van der Waals surface area contributed by atoms with Crippen LogP contribution in [0, 0.1) is 5.92 Å². The molecule has 24 heavy (non-hydrogen) atoms. The molecule has 0 aliphatic carbocycles. The lowest BCUT2D eigenvalue weighted by molar-refractivity contribution is -0.120. The Hall–Kier alpha value is -2.21. The maximum atomic E-state index is 11.9. The SMILES string of the molecule is CC(=O)Nc1ccc(-c2nc(CC(=O)NCCC(C)C)cs2)cc1. The lowest BCUT2D eigenvalue weighted by atomic mass is 10.1. The molecule has 2 N–H and O–H groups in total. The molecule has 0 bridgehead atoms. The molecule has 0 aliphatic heterocycles. The van der Waals surface area contributed by atoms with Gasteiger partial charge in [0.05, 0.1) is 12.1 Å². The summed E-state index contributed by atoms with van der Waals surface area (Å²) < 4.78 is 0. The third kappa shape index (κ3) is 5.77. The first-order valence-corrected chi connectivity index (χ1v) is 8.91. The van der Waals surface area contributed by atoms with Gasteiger partial charge < -0.3 is 10.6 Å². The predicted molar refractivity (Wildman–Crippen MR) is 98.0 cm³/mol. The van der Waals surface area contributed by atoms with Crippen LogP contribution in [0.15, 0.2) is 29.6 Å². The third-order valence-electron chi connectivity index (χ3n) is 3.39. The number of aromatic nitrogens is 1. The van der Waals surface area contributed by atoms with Crippen LogP contribution in [0.25, 0.3) is 10.6 Å². The van der Waals surface area contributed by atoms with Crippen molar-refractivity contribution in [2.45, 2.75) is 33.6 Å². The second-order valence-corrected chi connectivity index (χ2v) is 6.97. The Morgan fingerprint density at radius 1 is 1.21 bits per heavy atom. The molecule has 0 saturated heterocycles. The van der Waals surface area contributed by atoms with Gasteiger partial charge in [-0.1, -0.05) is 13.8 Å². The van der Waals surface area contributed by atoms with E-state index in [4.69, 9.17) is 0 Å². The number of benzene rings is 1. The summed E-state index contributed by atoms with van der Waals surface area (Å²) in [4.78, 5) is 27.5. The molecular formula is C18H23N3O2S. The number of rotatable bonds is 7. The molecular weight excluding hydrogens is 322 g/mol. The van der Waals surface area contributed by atoms with Crippen LogP contribution in [-0.4, -0.2) is 23.3 Å². The van der Waals surface area contributed by atoms with Crippen molar-refractivity contribution in [2.75, 3.05) is 11.9 Å². The van der Waals surface area contributed by atoms with E-state index in [0.717, 1.165) is 28.4 Å². The average Bonchev–Trinajstić information content (AvgIpc) is 2.95. The second-order valence-electron chi connectivity index (χ2n) is 6.11. The molecule has 5 nitrogen and oxygen atoms in total. The highest BCUT2D eigenvalue weighted by atomic mass is 32.1. The molecule has 6 heteroatoms. The van der Waals surface area contributed by atoms with Gasteiger partial charge in [0, 0.05) is 30.1 Å². The number of nitrogens with one attached hydrogen (secondary N) is 2. The van der Waals surface area contributed by atoms with Crippen molar-refractivity contribution in [3.8, 4) is 10.6 Å². The molecule has 0 unspecified atom stereocenters. The highest BCUT2D eigenvalue weighted by Crippen LogP contribution is 2.25. The molecule has 1 heterocycles. The standard InChI is InChI=1S/C18H23N3O2S/c1-12(2)8-9-19-17(23)10-16-11-24-18(21-16)14-4-6-15(7-5-14)20-13(3)22/h4-7,11-12H,8-10H2,1-3H3,(H,19,23)(H,20,22). The zero-order chi connectivity index (χ0) is 17.5. The summed E-state index contributed by atoms with van der Waals surface area (Å²) in [6, 6.07) is 7.51. The Labute approximate surface area is 146 Å². The highest BCUT2D eigenvalue weighted by molar-refractivity contribution is 7.13. The average molecular weight is 345 g/mol. The van der Waals surface area contributed by atoms with Crippen molar-refractivity contribution in [2.24, 2.45) is 5.92 Å². The minimum Gasteiger partial charge on any atom is -0.356 e. The summed E-state index contributed by atoms with van der Waals surface area (Å²) in [5.74, 6) is 0.493. The summed E-state index contributed by atoms with van der Waals surface area (Å²) >= 11 is 1.51. The van der Waals surface area contributed by atoms with Gasteiger partial charge in [0.25, 0.3) is 0 Å². The van der Waals surface area contributed by atoms with E-state index in [1.807, 2.05) is 29.6 Å².